The fourth-order valence-electron chi connectivity index (χ4n) is 5.23. The number of hydrogen-bond acceptors (Lipinski definition) is 5. The molecule has 0 radical (unpaired) electrons. The van der Waals surface area contributed by atoms with Gasteiger partial charge in [-0.3, -0.25) is 9.35 Å². The second-order valence-electron chi connectivity index (χ2n) is 11.6. The largest absolute Gasteiger partial charge is 0.465 e. The molecule has 0 aromatic heterocycles. The molecule has 0 aliphatic rings. The maximum absolute atomic E-state index is 12.7. The summed E-state index contributed by atoms with van der Waals surface area (Å²) in [6, 6.07) is 0. The van der Waals surface area contributed by atoms with E-state index in [2.05, 4.69) is 13.8 Å². The number of hydrogen-bond donors (Lipinski definition) is 1. The highest BCUT2D eigenvalue weighted by Crippen LogP contribution is 2.21. The molecule has 0 aromatic rings. The van der Waals surface area contributed by atoms with Crippen LogP contribution in [0.5, 0.6) is 0 Å². The van der Waals surface area contributed by atoms with E-state index in [0.29, 0.717) is 13.0 Å². The highest BCUT2D eigenvalue weighted by atomic mass is 32.3. The SMILES string of the molecule is CCCCCCCCCCCCCCCCOC(=O)C(CCCCCCCCCCCC)C(C)OS(=O)(=O)O. The Morgan fingerprint density at radius 2 is 0.923 bits per heavy atom. The van der Waals surface area contributed by atoms with Crippen LogP contribution in [0.15, 0.2) is 0 Å². The summed E-state index contributed by atoms with van der Waals surface area (Å²) in [7, 11) is -4.61. The molecular formula is C32H64O6S. The van der Waals surface area contributed by atoms with Gasteiger partial charge in [-0.05, 0) is 19.8 Å². The highest BCUT2D eigenvalue weighted by Gasteiger charge is 2.30. The molecule has 0 saturated heterocycles. The number of carbonyl (C=O) groups excluding carboxylic acids is 1. The molecule has 2 atom stereocenters. The molecule has 0 heterocycles. The Morgan fingerprint density at radius 1 is 0.590 bits per heavy atom. The highest BCUT2D eigenvalue weighted by molar-refractivity contribution is 7.80. The number of unbranched alkanes of at least 4 members (excludes halogenated alkanes) is 22. The molecule has 6 nitrogen and oxygen atoms in total. The van der Waals surface area contributed by atoms with E-state index < -0.39 is 28.4 Å². The molecule has 0 aromatic carbocycles. The minimum absolute atomic E-state index is 0.351. The van der Waals surface area contributed by atoms with E-state index in [-0.39, 0.29) is 0 Å². The Bertz CT molecular complexity index is 637. The van der Waals surface area contributed by atoms with Crippen LogP contribution in [0.3, 0.4) is 0 Å². The third kappa shape index (κ3) is 27.3. The topological polar surface area (TPSA) is 89.9 Å². The number of esters is 1. The first kappa shape index (κ1) is 38.3. The quantitative estimate of drug-likeness (QED) is 0.0520. The van der Waals surface area contributed by atoms with Crippen LogP contribution >= 0.6 is 0 Å². The van der Waals surface area contributed by atoms with E-state index in [0.717, 1.165) is 38.5 Å². The smallest absolute Gasteiger partial charge is 0.397 e. The van der Waals surface area contributed by atoms with Gasteiger partial charge >= 0.3 is 16.4 Å². The zero-order valence-corrected chi connectivity index (χ0v) is 26.8. The van der Waals surface area contributed by atoms with Crippen molar-refractivity contribution in [1.29, 1.82) is 0 Å². The standard InChI is InChI=1S/C32H64O6S/c1-4-6-8-10-12-14-16-17-18-19-21-23-25-27-29-37-32(33)31(30(3)38-39(34,35)36)28-26-24-22-20-15-13-11-9-7-5-2/h30-31H,4-29H2,1-3H3,(H,34,35,36). The predicted molar refractivity (Wildman–Crippen MR) is 163 cm³/mol. The molecule has 0 aliphatic carbocycles. The van der Waals surface area contributed by atoms with Gasteiger partial charge in [0.25, 0.3) is 0 Å². The maximum atomic E-state index is 12.7. The van der Waals surface area contributed by atoms with Gasteiger partial charge < -0.3 is 4.74 Å². The van der Waals surface area contributed by atoms with E-state index in [1.807, 2.05) is 0 Å². The lowest BCUT2D eigenvalue weighted by molar-refractivity contribution is -0.152. The molecule has 2 unspecified atom stereocenters. The fraction of sp³-hybridized carbons (Fsp3) is 0.969. The van der Waals surface area contributed by atoms with Gasteiger partial charge in [-0.2, -0.15) is 8.42 Å². The van der Waals surface area contributed by atoms with E-state index in [9.17, 15) is 13.2 Å². The number of rotatable bonds is 30. The van der Waals surface area contributed by atoms with Crippen LogP contribution in [0.4, 0.5) is 0 Å². The van der Waals surface area contributed by atoms with Crippen molar-refractivity contribution >= 4 is 16.4 Å². The number of ether oxygens (including phenoxy) is 1. The minimum atomic E-state index is -4.61. The van der Waals surface area contributed by atoms with Gasteiger partial charge in [-0.15, -0.1) is 0 Å². The van der Waals surface area contributed by atoms with Crippen molar-refractivity contribution in [3.8, 4) is 0 Å². The first-order valence-electron chi connectivity index (χ1n) is 16.6. The molecule has 0 fully saturated rings. The molecule has 0 rings (SSSR count). The second kappa shape index (κ2) is 27.5. The van der Waals surface area contributed by atoms with Crippen LogP contribution in [-0.4, -0.2) is 31.7 Å². The van der Waals surface area contributed by atoms with Gasteiger partial charge in [0.1, 0.15) is 0 Å². The van der Waals surface area contributed by atoms with Gasteiger partial charge in [0.2, 0.25) is 0 Å². The van der Waals surface area contributed by atoms with Gasteiger partial charge in [-0.1, -0.05) is 162 Å². The lowest BCUT2D eigenvalue weighted by atomic mass is 9.95. The lowest BCUT2D eigenvalue weighted by Crippen LogP contribution is -2.32. The zero-order valence-electron chi connectivity index (χ0n) is 25.9. The van der Waals surface area contributed by atoms with Crippen molar-refractivity contribution in [2.24, 2.45) is 5.92 Å². The van der Waals surface area contributed by atoms with Gasteiger partial charge in [0.15, 0.2) is 0 Å². The molecule has 0 bridgehead atoms. The summed E-state index contributed by atoms with van der Waals surface area (Å²) in [5, 5.41) is 0. The first-order valence-corrected chi connectivity index (χ1v) is 18.0. The molecule has 234 valence electrons. The van der Waals surface area contributed by atoms with Gasteiger partial charge in [-0.25, -0.2) is 4.18 Å². The molecule has 0 spiro atoms. The lowest BCUT2D eigenvalue weighted by Gasteiger charge is -2.21. The molecular weight excluding hydrogens is 512 g/mol. The van der Waals surface area contributed by atoms with Crippen LogP contribution in [0.25, 0.3) is 0 Å². The molecule has 0 aliphatic heterocycles. The van der Waals surface area contributed by atoms with Gasteiger partial charge in [0, 0.05) is 0 Å². The van der Waals surface area contributed by atoms with Crippen molar-refractivity contribution in [2.75, 3.05) is 6.61 Å². The Kier molecular flexibility index (Phi) is 27.0. The van der Waals surface area contributed by atoms with E-state index >= 15 is 0 Å². The molecule has 7 heteroatoms. The Balaban J connectivity index is 3.99. The van der Waals surface area contributed by atoms with Crippen LogP contribution in [0.1, 0.15) is 181 Å². The summed E-state index contributed by atoms with van der Waals surface area (Å²) in [6.07, 6.45) is 29.2. The third-order valence-corrected chi connectivity index (χ3v) is 8.30. The third-order valence-electron chi connectivity index (χ3n) is 7.75. The van der Waals surface area contributed by atoms with Crippen molar-refractivity contribution < 1.29 is 26.7 Å². The summed E-state index contributed by atoms with van der Waals surface area (Å²) >= 11 is 0. The zero-order chi connectivity index (χ0) is 29.0. The average Bonchev–Trinajstić information content (AvgIpc) is 2.88. The Hall–Kier alpha value is -0.660. The normalized spacial score (nSPS) is 13.4. The summed E-state index contributed by atoms with van der Waals surface area (Å²) in [6.45, 7) is 6.35. The second-order valence-corrected chi connectivity index (χ2v) is 12.6. The van der Waals surface area contributed by atoms with Crippen LogP contribution in [-0.2, 0) is 24.1 Å². The maximum Gasteiger partial charge on any atom is 0.397 e. The number of carbonyl (C=O) groups is 1. The van der Waals surface area contributed by atoms with E-state index in [1.165, 1.54) is 122 Å². The van der Waals surface area contributed by atoms with Crippen molar-refractivity contribution in [3.05, 3.63) is 0 Å². The van der Waals surface area contributed by atoms with Crippen molar-refractivity contribution in [1.82, 2.24) is 0 Å². The van der Waals surface area contributed by atoms with Crippen LogP contribution < -0.4 is 0 Å². The summed E-state index contributed by atoms with van der Waals surface area (Å²) in [5.41, 5.74) is 0. The van der Waals surface area contributed by atoms with E-state index in [4.69, 9.17) is 13.5 Å². The minimum Gasteiger partial charge on any atom is -0.465 e. The summed E-state index contributed by atoms with van der Waals surface area (Å²) in [5.74, 6) is -1.11. The molecule has 0 amide bonds. The van der Waals surface area contributed by atoms with Crippen LogP contribution in [0.2, 0.25) is 0 Å². The molecule has 39 heavy (non-hydrogen) atoms. The average molecular weight is 577 g/mol. The van der Waals surface area contributed by atoms with Gasteiger partial charge in [0.05, 0.1) is 18.6 Å². The summed E-state index contributed by atoms with van der Waals surface area (Å²) < 4.78 is 41.7. The molecule has 0 saturated carbocycles. The van der Waals surface area contributed by atoms with Crippen molar-refractivity contribution in [3.63, 3.8) is 0 Å². The first-order chi connectivity index (χ1) is 18.8. The Morgan fingerprint density at radius 3 is 1.28 bits per heavy atom. The Labute approximate surface area is 242 Å². The monoisotopic (exact) mass is 576 g/mol. The van der Waals surface area contributed by atoms with E-state index in [1.54, 1.807) is 0 Å². The summed E-state index contributed by atoms with van der Waals surface area (Å²) in [4.78, 5) is 12.7. The van der Waals surface area contributed by atoms with Crippen LogP contribution in [0, 0.1) is 5.92 Å². The predicted octanol–water partition coefficient (Wildman–Crippen LogP) is 10.1. The van der Waals surface area contributed by atoms with Crippen molar-refractivity contribution in [2.45, 2.75) is 187 Å². The molecule has 1 N–H and O–H groups in total. The fourth-order valence-corrected chi connectivity index (χ4v) is 5.75.